The number of carbonyl (C=O) groups is 2. The molecule has 3 saturated heterocycles. The zero-order chi connectivity index (χ0) is 18.1. The van der Waals surface area contributed by atoms with E-state index in [-0.39, 0.29) is 17.7 Å². The number of nitrogens with zero attached hydrogens (tertiary/aromatic N) is 2. The molecule has 0 radical (unpaired) electrons. The number of carbonyl (C=O) groups excluding carboxylic acids is 2. The van der Waals surface area contributed by atoms with E-state index in [1.54, 1.807) is 0 Å². The van der Waals surface area contributed by atoms with Crippen molar-refractivity contribution in [3.63, 3.8) is 0 Å². The molecule has 146 valence electrons. The Labute approximate surface area is 157 Å². The third-order valence-corrected chi connectivity index (χ3v) is 7.52. The molecule has 4 atom stereocenters. The van der Waals surface area contributed by atoms with E-state index in [0.717, 1.165) is 83.8 Å². The van der Waals surface area contributed by atoms with Gasteiger partial charge in [-0.15, -0.1) is 0 Å². The molecule has 0 N–H and O–H groups in total. The molecule has 5 heteroatoms. The van der Waals surface area contributed by atoms with Crippen molar-refractivity contribution in [2.75, 3.05) is 19.6 Å². The minimum atomic E-state index is -0.0995. The smallest absolute Gasteiger partial charge is 0.410 e. The van der Waals surface area contributed by atoms with Gasteiger partial charge in [0.2, 0.25) is 5.91 Å². The van der Waals surface area contributed by atoms with Crippen LogP contribution in [0.3, 0.4) is 0 Å². The van der Waals surface area contributed by atoms with E-state index in [4.69, 9.17) is 4.74 Å². The number of rotatable bonds is 3. The van der Waals surface area contributed by atoms with Gasteiger partial charge in [-0.05, 0) is 63.7 Å². The van der Waals surface area contributed by atoms with Gasteiger partial charge >= 0.3 is 6.09 Å². The van der Waals surface area contributed by atoms with E-state index >= 15 is 0 Å². The second-order valence-corrected chi connectivity index (χ2v) is 8.86. The minimum Gasteiger partial charge on any atom is -0.446 e. The van der Waals surface area contributed by atoms with E-state index in [0.29, 0.717) is 24.2 Å². The van der Waals surface area contributed by atoms with E-state index in [2.05, 4.69) is 11.8 Å². The zero-order valence-corrected chi connectivity index (χ0v) is 16.3. The highest BCUT2D eigenvalue weighted by Gasteiger charge is 2.56. The highest BCUT2D eigenvalue weighted by molar-refractivity contribution is 5.78. The molecule has 26 heavy (non-hydrogen) atoms. The molecule has 0 bridgehead atoms. The predicted octanol–water partition coefficient (Wildman–Crippen LogP) is 3.96. The van der Waals surface area contributed by atoms with Crippen LogP contribution >= 0.6 is 0 Å². The molecule has 4 rings (SSSR count). The summed E-state index contributed by atoms with van der Waals surface area (Å²) in [6.07, 6.45) is 11.4. The minimum absolute atomic E-state index is 0.0364. The molecule has 1 spiro atoms. The molecule has 1 saturated carbocycles. The molecular weight excluding hydrogens is 328 g/mol. The first-order valence-electron chi connectivity index (χ1n) is 10.9. The van der Waals surface area contributed by atoms with Gasteiger partial charge in [-0.25, -0.2) is 4.79 Å². The third kappa shape index (κ3) is 3.01. The van der Waals surface area contributed by atoms with Crippen molar-refractivity contribution in [3.05, 3.63) is 0 Å². The Morgan fingerprint density at radius 3 is 2.69 bits per heavy atom. The van der Waals surface area contributed by atoms with Crippen molar-refractivity contribution in [1.82, 2.24) is 9.80 Å². The summed E-state index contributed by atoms with van der Waals surface area (Å²) in [7, 11) is 0. The van der Waals surface area contributed by atoms with Crippen LogP contribution in [0.25, 0.3) is 0 Å². The Kier molecular flexibility index (Phi) is 5.15. The molecule has 0 aromatic carbocycles. The highest BCUT2D eigenvalue weighted by Crippen LogP contribution is 2.53. The van der Waals surface area contributed by atoms with E-state index < -0.39 is 0 Å². The Morgan fingerprint density at radius 1 is 1.12 bits per heavy atom. The predicted molar refractivity (Wildman–Crippen MR) is 99.7 cm³/mol. The van der Waals surface area contributed by atoms with Crippen LogP contribution < -0.4 is 0 Å². The molecule has 4 aliphatic rings. The standard InChI is InChI=1S/C21H34N2O3/c1-2-7-16-17-8-5-9-19(24)23-15-6-11-21(17,23)12-10-18(16)26-20(25)22-13-3-4-14-22/h16-18H,2-15H2,1H3/t16-,17+,18+,21-/m1/s1. The monoisotopic (exact) mass is 362 g/mol. The molecule has 0 aromatic rings. The van der Waals surface area contributed by atoms with E-state index in [1.165, 1.54) is 0 Å². The number of amides is 2. The first-order valence-corrected chi connectivity index (χ1v) is 10.9. The maximum atomic E-state index is 12.7. The molecule has 3 heterocycles. The van der Waals surface area contributed by atoms with Crippen LogP contribution in [0.15, 0.2) is 0 Å². The summed E-state index contributed by atoms with van der Waals surface area (Å²) in [5.74, 6) is 1.28. The summed E-state index contributed by atoms with van der Waals surface area (Å²) in [6.45, 7) is 4.86. The topological polar surface area (TPSA) is 49.9 Å². The zero-order valence-electron chi connectivity index (χ0n) is 16.3. The van der Waals surface area contributed by atoms with E-state index in [9.17, 15) is 9.59 Å². The molecule has 5 nitrogen and oxygen atoms in total. The molecule has 2 amide bonds. The maximum absolute atomic E-state index is 12.7. The molecule has 0 unspecified atom stereocenters. The van der Waals surface area contributed by atoms with E-state index in [1.807, 2.05) is 4.90 Å². The van der Waals surface area contributed by atoms with Gasteiger partial charge in [-0.3, -0.25) is 4.79 Å². The number of likely N-dealkylation sites (tertiary alicyclic amines) is 1. The van der Waals surface area contributed by atoms with Gasteiger partial charge in [0.15, 0.2) is 0 Å². The van der Waals surface area contributed by atoms with Crippen molar-refractivity contribution in [3.8, 4) is 0 Å². The Morgan fingerprint density at radius 2 is 1.92 bits per heavy atom. The summed E-state index contributed by atoms with van der Waals surface area (Å²) in [4.78, 5) is 29.4. The molecule has 4 fully saturated rings. The van der Waals surface area contributed by atoms with Gasteiger partial charge < -0.3 is 14.5 Å². The van der Waals surface area contributed by atoms with Crippen molar-refractivity contribution in [1.29, 1.82) is 0 Å². The van der Waals surface area contributed by atoms with Gasteiger partial charge in [-0.2, -0.15) is 0 Å². The van der Waals surface area contributed by atoms with Crippen LogP contribution in [0.4, 0.5) is 4.79 Å². The maximum Gasteiger partial charge on any atom is 0.410 e. The second-order valence-electron chi connectivity index (χ2n) is 8.86. The van der Waals surface area contributed by atoms with Gasteiger partial charge in [0.1, 0.15) is 6.10 Å². The first-order chi connectivity index (χ1) is 12.7. The van der Waals surface area contributed by atoms with Crippen LogP contribution in [0.1, 0.15) is 77.6 Å². The lowest BCUT2D eigenvalue weighted by Gasteiger charge is -2.52. The Hall–Kier alpha value is -1.26. The summed E-state index contributed by atoms with van der Waals surface area (Å²) in [5, 5.41) is 0. The molecule has 0 aromatic heterocycles. The van der Waals surface area contributed by atoms with Gasteiger partial charge in [0.05, 0.1) is 0 Å². The van der Waals surface area contributed by atoms with Crippen molar-refractivity contribution < 1.29 is 14.3 Å². The number of ether oxygens (including phenoxy) is 1. The summed E-state index contributed by atoms with van der Waals surface area (Å²) < 4.78 is 6.09. The molecular formula is C21H34N2O3. The Balaban J connectivity index is 1.55. The fourth-order valence-corrected chi connectivity index (χ4v) is 6.43. The van der Waals surface area contributed by atoms with Crippen molar-refractivity contribution in [2.45, 2.75) is 89.2 Å². The number of hydrogen-bond donors (Lipinski definition) is 0. The Bertz CT molecular complexity index is 545. The third-order valence-electron chi connectivity index (χ3n) is 7.52. The van der Waals surface area contributed by atoms with Crippen LogP contribution in [0, 0.1) is 11.8 Å². The van der Waals surface area contributed by atoms with Crippen LogP contribution in [-0.2, 0) is 9.53 Å². The van der Waals surface area contributed by atoms with Crippen molar-refractivity contribution >= 4 is 12.0 Å². The summed E-state index contributed by atoms with van der Waals surface area (Å²) in [5.41, 5.74) is 0.0595. The van der Waals surface area contributed by atoms with Gasteiger partial charge in [-0.1, -0.05) is 13.3 Å². The average Bonchev–Trinajstić information content (AvgIpc) is 3.28. The number of hydrogen-bond acceptors (Lipinski definition) is 3. The molecule has 1 aliphatic carbocycles. The SMILES string of the molecule is CCC[C@H]1[C@@H](OC(=O)N2CCCC2)CC[C@@]23CCCN2C(=O)CCC[C@@H]13. The normalized spacial score (nSPS) is 37.3. The van der Waals surface area contributed by atoms with Crippen LogP contribution in [0.2, 0.25) is 0 Å². The fraction of sp³-hybridized carbons (Fsp3) is 0.905. The molecule has 3 aliphatic heterocycles. The second kappa shape index (κ2) is 7.40. The average molecular weight is 363 g/mol. The van der Waals surface area contributed by atoms with Crippen LogP contribution in [0.5, 0.6) is 0 Å². The van der Waals surface area contributed by atoms with Gasteiger partial charge in [0.25, 0.3) is 0 Å². The fourth-order valence-electron chi connectivity index (χ4n) is 6.43. The summed E-state index contributed by atoms with van der Waals surface area (Å²) in [6, 6.07) is 0. The lowest BCUT2D eigenvalue weighted by Crippen LogP contribution is -2.58. The quantitative estimate of drug-likeness (QED) is 0.763. The summed E-state index contributed by atoms with van der Waals surface area (Å²) >= 11 is 0. The lowest BCUT2D eigenvalue weighted by molar-refractivity contribution is -0.141. The highest BCUT2D eigenvalue weighted by atomic mass is 16.6. The first kappa shape index (κ1) is 18.1. The lowest BCUT2D eigenvalue weighted by atomic mass is 9.62. The van der Waals surface area contributed by atoms with Crippen molar-refractivity contribution in [2.24, 2.45) is 11.8 Å². The van der Waals surface area contributed by atoms with Crippen LogP contribution in [-0.4, -0.2) is 53.1 Å². The largest absolute Gasteiger partial charge is 0.446 e. The van der Waals surface area contributed by atoms with Gasteiger partial charge in [0, 0.05) is 37.5 Å².